The lowest BCUT2D eigenvalue weighted by Crippen LogP contribution is -2.48. The zero-order chi connectivity index (χ0) is 23.4. The Labute approximate surface area is 199 Å². The van der Waals surface area contributed by atoms with Crippen molar-refractivity contribution in [2.45, 2.75) is 72.9 Å². The molecule has 5 heteroatoms. The van der Waals surface area contributed by atoms with Crippen LogP contribution in [0.4, 0.5) is 0 Å². The van der Waals surface area contributed by atoms with Crippen LogP contribution in [0.3, 0.4) is 0 Å². The lowest BCUT2D eigenvalue weighted by molar-refractivity contribution is 0.107. The van der Waals surface area contributed by atoms with Crippen molar-refractivity contribution in [3.05, 3.63) is 58.5 Å². The Bertz CT molecular complexity index is 1040. The number of fused-ring (bicyclic) bond motifs is 1. The van der Waals surface area contributed by atoms with Crippen LogP contribution in [-0.2, 0) is 19.4 Å². The number of pyridine rings is 1. The molecule has 0 aliphatic carbocycles. The largest absolute Gasteiger partial charge is 0.308 e. The molecule has 1 aliphatic heterocycles. The molecule has 1 saturated heterocycles. The van der Waals surface area contributed by atoms with Gasteiger partial charge in [-0.15, -0.1) is 0 Å². The summed E-state index contributed by atoms with van der Waals surface area (Å²) in [5, 5.41) is 0. The molecule has 0 bridgehead atoms. The van der Waals surface area contributed by atoms with Gasteiger partial charge < -0.3 is 9.47 Å². The van der Waals surface area contributed by atoms with Crippen LogP contribution in [0.1, 0.15) is 61.8 Å². The predicted octanol–water partition coefficient (Wildman–Crippen LogP) is 5.01. The Morgan fingerprint density at radius 1 is 0.909 bits per heavy atom. The molecule has 0 spiro atoms. The predicted molar refractivity (Wildman–Crippen MR) is 138 cm³/mol. The zero-order valence-corrected chi connectivity index (χ0v) is 21.3. The number of hydrogen-bond donors (Lipinski definition) is 0. The van der Waals surface area contributed by atoms with Crippen LogP contribution in [0.2, 0.25) is 0 Å². The number of unbranched alkanes of at least 4 members (excludes halogenated alkanes) is 1. The Morgan fingerprint density at radius 3 is 2.27 bits per heavy atom. The average Bonchev–Trinajstić information content (AvgIpc) is 3.15. The topological polar surface area (TPSA) is 37.2 Å². The number of benzene rings is 1. The van der Waals surface area contributed by atoms with E-state index < -0.39 is 0 Å². The van der Waals surface area contributed by atoms with E-state index >= 15 is 0 Å². The third kappa shape index (κ3) is 5.82. The molecule has 4 rings (SSSR count). The first-order chi connectivity index (χ1) is 15.9. The molecule has 178 valence electrons. The SMILES string of the molecule is CCc1nc2c(C)cc(C)nc2n1Cc1ccc(CCCCN2CCN(C(C)C)CC2)cc1. The molecule has 33 heavy (non-hydrogen) atoms. The summed E-state index contributed by atoms with van der Waals surface area (Å²) < 4.78 is 2.30. The summed E-state index contributed by atoms with van der Waals surface area (Å²) in [4.78, 5) is 14.9. The fourth-order valence-corrected chi connectivity index (χ4v) is 5.05. The monoisotopic (exact) mass is 447 g/mol. The molecule has 1 fully saturated rings. The minimum absolute atomic E-state index is 0.681. The quantitative estimate of drug-likeness (QED) is 0.432. The second kappa shape index (κ2) is 10.8. The van der Waals surface area contributed by atoms with E-state index in [1.807, 2.05) is 0 Å². The summed E-state index contributed by atoms with van der Waals surface area (Å²) in [6.45, 7) is 17.9. The van der Waals surface area contributed by atoms with Crippen LogP contribution in [0, 0.1) is 13.8 Å². The number of hydrogen-bond acceptors (Lipinski definition) is 4. The molecule has 0 atom stereocenters. The summed E-state index contributed by atoms with van der Waals surface area (Å²) >= 11 is 0. The highest BCUT2D eigenvalue weighted by atomic mass is 15.3. The fraction of sp³-hybridized carbons (Fsp3) is 0.571. The maximum Gasteiger partial charge on any atom is 0.160 e. The van der Waals surface area contributed by atoms with Crippen LogP contribution >= 0.6 is 0 Å². The Balaban J connectivity index is 1.30. The van der Waals surface area contributed by atoms with Crippen LogP contribution in [0.15, 0.2) is 30.3 Å². The van der Waals surface area contributed by atoms with E-state index in [2.05, 4.69) is 79.3 Å². The Hall–Kier alpha value is -2.24. The summed E-state index contributed by atoms with van der Waals surface area (Å²) in [5.74, 6) is 1.12. The average molecular weight is 448 g/mol. The molecular weight excluding hydrogens is 406 g/mol. The van der Waals surface area contributed by atoms with Crippen molar-refractivity contribution in [3.8, 4) is 0 Å². The van der Waals surface area contributed by atoms with E-state index in [0.29, 0.717) is 6.04 Å². The smallest absolute Gasteiger partial charge is 0.160 e. The third-order valence-electron chi connectivity index (χ3n) is 7.11. The van der Waals surface area contributed by atoms with Gasteiger partial charge in [-0.05, 0) is 76.3 Å². The molecule has 3 aromatic rings. The number of nitrogens with zero attached hydrogens (tertiary/aromatic N) is 5. The molecule has 0 saturated carbocycles. The second-order valence-electron chi connectivity index (χ2n) is 9.97. The minimum atomic E-state index is 0.681. The van der Waals surface area contributed by atoms with Crippen LogP contribution in [0.5, 0.6) is 0 Å². The molecule has 2 aromatic heterocycles. The second-order valence-corrected chi connectivity index (χ2v) is 9.97. The van der Waals surface area contributed by atoms with Crippen molar-refractivity contribution in [3.63, 3.8) is 0 Å². The molecule has 0 N–H and O–H groups in total. The van der Waals surface area contributed by atoms with Crippen molar-refractivity contribution >= 4 is 11.2 Å². The number of aromatic nitrogens is 3. The molecule has 1 aromatic carbocycles. The summed E-state index contributed by atoms with van der Waals surface area (Å²) in [6.07, 6.45) is 4.63. The van der Waals surface area contributed by atoms with Gasteiger partial charge in [0.1, 0.15) is 11.3 Å². The van der Waals surface area contributed by atoms with E-state index in [-0.39, 0.29) is 0 Å². The van der Waals surface area contributed by atoms with Gasteiger partial charge in [-0.2, -0.15) is 0 Å². The first-order valence-corrected chi connectivity index (χ1v) is 12.8. The maximum atomic E-state index is 4.88. The minimum Gasteiger partial charge on any atom is -0.308 e. The summed E-state index contributed by atoms with van der Waals surface area (Å²) in [6, 6.07) is 12.0. The van der Waals surface area contributed by atoms with E-state index in [1.165, 1.54) is 68.7 Å². The Kier molecular flexibility index (Phi) is 7.82. The maximum absolute atomic E-state index is 4.88. The standard InChI is InChI=1S/C28H41N5/c1-6-26-30-27-22(4)19-23(5)29-28(27)33(26)20-25-12-10-24(11-13-25)9-7-8-14-31-15-17-32(18-16-31)21(2)3/h10-13,19,21H,6-9,14-18,20H2,1-5H3. The van der Waals surface area contributed by atoms with Gasteiger partial charge in [0.15, 0.2) is 5.65 Å². The lowest BCUT2D eigenvalue weighted by atomic mass is 10.1. The van der Waals surface area contributed by atoms with Crippen LogP contribution in [0.25, 0.3) is 11.2 Å². The van der Waals surface area contributed by atoms with Crippen LogP contribution in [-0.4, -0.2) is 63.1 Å². The molecule has 5 nitrogen and oxygen atoms in total. The molecule has 0 radical (unpaired) electrons. The van der Waals surface area contributed by atoms with E-state index in [4.69, 9.17) is 9.97 Å². The summed E-state index contributed by atoms with van der Waals surface area (Å²) in [7, 11) is 0. The Morgan fingerprint density at radius 2 is 1.61 bits per heavy atom. The highest BCUT2D eigenvalue weighted by molar-refractivity contribution is 5.76. The van der Waals surface area contributed by atoms with E-state index in [0.717, 1.165) is 35.6 Å². The first kappa shape index (κ1) is 23.9. The molecular formula is C28H41N5. The normalized spacial score (nSPS) is 15.7. The van der Waals surface area contributed by atoms with Gasteiger partial charge in [0.25, 0.3) is 0 Å². The van der Waals surface area contributed by atoms with Gasteiger partial charge in [-0.3, -0.25) is 4.90 Å². The van der Waals surface area contributed by atoms with Gasteiger partial charge in [0, 0.05) is 44.3 Å². The van der Waals surface area contributed by atoms with Gasteiger partial charge in [0.2, 0.25) is 0 Å². The number of imidazole rings is 1. The zero-order valence-electron chi connectivity index (χ0n) is 21.3. The van der Waals surface area contributed by atoms with Crippen LogP contribution < -0.4 is 0 Å². The third-order valence-corrected chi connectivity index (χ3v) is 7.11. The van der Waals surface area contributed by atoms with Gasteiger partial charge >= 0.3 is 0 Å². The van der Waals surface area contributed by atoms with E-state index in [9.17, 15) is 0 Å². The molecule has 0 amide bonds. The van der Waals surface area contributed by atoms with Gasteiger partial charge in [0.05, 0.1) is 6.54 Å². The van der Waals surface area contributed by atoms with Crippen molar-refractivity contribution < 1.29 is 0 Å². The highest BCUT2D eigenvalue weighted by Gasteiger charge is 2.18. The molecule has 0 unspecified atom stereocenters. The highest BCUT2D eigenvalue weighted by Crippen LogP contribution is 2.21. The van der Waals surface area contributed by atoms with Crippen molar-refractivity contribution in [1.82, 2.24) is 24.3 Å². The number of aryl methyl sites for hydroxylation is 4. The van der Waals surface area contributed by atoms with E-state index in [1.54, 1.807) is 0 Å². The molecule has 3 heterocycles. The fourth-order valence-electron chi connectivity index (χ4n) is 5.05. The lowest BCUT2D eigenvalue weighted by Gasteiger charge is -2.36. The van der Waals surface area contributed by atoms with Crippen molar-refractivity contribution in [2.75, 3.05) is 32.7 Å². The van der Waals surface area contributed by atoms with Crippen molar-refractivity contribution in [1.29, 1.82) is 0 Å². The number of rotatable bonds is 9. The summed E-state index contributed by atoms with van der Waals surface area (Å²) in [5.41, 5.74) is 7.09. The van der Waals surface area contributed by atoms with Gasteiger partial charge in [-0.1, -0.05) is 31.2 Å². The first-order valence-electron chi connectivity index (χ1n) is 12.8. The van der Waals surface area contributed by atoms with Gasteiger partial charge in [-0.25, -0.2) is 9.97 Å². The number of piperazine rings is 1. The van der Waals surface area contributed by atoms with Crippen molar-refractivity contribution in [2.24, 2.45) is 0 Å². The molecule has 1 aliphatic rings.